The Morgan fingerprint density at radius 1 is 1.09 bits per heavy atom. The number of hydrogen-bond donors (Lipinski definition) is 0. The molecule has 4 heteroatoms. The smallest absolute Gasteiger partial charge is 0.109 e. The van der Waals surface area contributed by atoms with Crippen LogP contribution in [0, 0.1) is 10.7 Å². The molecule has 0 unspecified atom stereocenters. The van der Waals surface area contributed by atoms with Gasteiger partial charge in [0.25, 0.3) is 0 Å². The molecule has 1 aromatic rings. The van der Waals surface area contributed by atoms with E-state index in [1.54, 1.807) is 0 Å². The number of rotatable bonds is 1. The van der Waals surface area contributed by atoms with Gasteiger partial charge < -0.3 is 0 Å². The first-order valence-electron chi connectivity index (χ1n) is 2.86. The van der Waals surface area contributed by atoms with Crippen molar-refractivity contribution >= 4 is 67.8 Å². The molecule has 1 radical (unpaired) electrons. The molecule has 0 aliphatic heterocycles. The second kappa shape index (κ2) is 4.56. The van der Waals surface area contributed by atoms with Gasteiger partial charge in [0.15, 0.2) is 0 Å². The molecular formula is C7H4I3O. The average Bonchev–Trinajstić information content (AvgIpc) is 1.85. The van der Waals surface area contributed by atoms with Crippen molar-refractivity contribution < 1.29 is 5.11 Å². The molecule has 0 aliphatic carbocycles. The maximum absolute atomic E-state index is 10.7. The van der Waals surface area contributed by atoms with Crippen molar-refractivity contribution in [3.8, 4) is 0 Å². The van der Waals surface area contributed by atoms with Crippen LogP contribution in [0.25, 0.3) is 0 Å². The van der Waals surface area contributed by atoms with Gasteiger partial charge in [-0.15, -0.1) is 0 Å². The minimum Gasteiger partial charge on any atom is -0.231 e. The molecule has 0 fully saturated rings. The average molecular weight is 485 g/mol. The summed E-state index contributed by atoms with van der Waals surface area (Å²) in [5.74, 6) is 0. The first-order valence-corrected chi connectivity index (χ1v) is 6.10. The molecule has 0 aromatic heterocycles. The first kappa shape index (κ1) is 10.5. The monoisotopic (exact) mass is 485 g/mol. The van der Waals surface area contributed by atoms with Gasteiger partial charge in [0.2, 0.25) is 0 Å². The van der Waals surface area contributed by atoms with E-state index in [9.17, 15) is 5.11 Å². The van der Waals surface area contributed by atoms with Crippen molar-refractivity contribution in [3.05, 3.63) is 28.4 Å². The van der Waals surface area contributed by atoms with Crippen LogP contribution in [-0.2, 0) is 11.7 Å². The Bertz CT molecular complexity index is 249. The molecule has 0 bridgehead atoms. The van der Waals surface area contributed by atoms with Crippen molar-refractivity contribution in [2.45, 2.75) is 6.61 Å². The SMILES string of the molecule is [O]Cc1c(I)cc(I)cc1I. The van der Waals surface area contributed by atoms with Crippen molar-refractivity contribution in [1.29, 1.82) is 0 Å². The molecule has 0 amide bonds. The van der Waals surface area contributed by atoms with Crippen molar-refractivity contribution in [1.82, 2.24) is 0 Å². The summed E-state index contributed by atoms with van der Waals surface area (Å²) in [4.78, 5) is 0. The van der Waals surface area contributed by atoms with E-state index in [1.807, 2.05) is 12.1 Å². The Morgan fingerprint density at radius 3 is 1.91 bits per heavy atom. The third-order valence-electron chi connectivity index (χ3n) is 1.25. The highest BCUT2D eigenvalue weighted by Gasteiger charge is 2.04. The Kier molecular flexibility index (Phi) is 4.33. The van der Waals surface area contributed by atoms with E-state index in [4.69, 9.17) is 0 Å². The molecule has 11 heavy (non-hydrogen) atoms. The van der Waals surface area contributed by atoms with E-state index in [0.29, 0.717) is 0 Å². The summed E-state index contributed by atoms with van der Waals surface area (Å²) >= 11 is 6.66. The third kappa shape index (κ3) is 2.66. The molecule has 0 heterocycles. The molecule has 0 atom stereocenters. The zero-order chi connectivity index (χ0) is 8.43. The van der Waals surface area contributed by atoms with Gasteiger partial charge in [-0.2, -0.15) is 0 Å². The van der Waals surface area contributed by atoms with Crippen LogP contribution in [0.2, 0.25) is 0 Å². The lowest BCUT2D eigenvalue weighted by Gasteiger charge is -2.03. The molecule has 0 N–H and O–H groups in total. The minimum absolute atomic E-state index is 0.118. The normalized spacial score (nSPS) is 10.2. The van der Waals surface area contributed by atoms with Crippen LogP contribution in [0.5, 0.6) is 0 Å². The predicted molar refractivity (Wildman–Crippen MR) is 69.0 cm³/mol. The minimum atomic E-state index is -0.118. The van der Waals surface area contributed by atoms with Gasteiger partial charge in [0.05, 0.1) is 0 Å². The van der Waals surface area contributed by atoms with Crippen LogP contribution >= 0.6 is 67.8 Å². The molecule has 0 spiro atoms. The Balaban J connectivity index is 3.25. The fraction of sp³-hybridized carbons (Fsp3) is 0.143. The van der Waals surface area contributed by atoms with Gasteiger partial charge in [0.1, 0.15) is 6.61 Å². The lowest BCUT2D eigenvalue weighted by Crippen LogP contribution is -1.92. The quantitative estimate of drug-likeness (QED) is 0.545. The molecule has 0 aliphatic rings. The van der Waals surface area contributed by atoms with E-state index in [1.165, 1.54) is 3.57 Å². The summed E-state index contributed by atoms with van der Waals surface area (Å²) in [6.45, 7) is -0.118. The van der Waals surface area contributed by atoms with Gasteiger partial charge in [-0.25, -0.2) is 5.11 Å². The Labute approximate surface area is 106 Å². The maximum atomic E-state index is 10.7. The highest BCUT2D eigenvalue weighted by molar-refractivity contribution is 14.1. The fourth-order valence-corrected chi connectivity index (χ4v) is 4.60. The standard InChI is InChI=1S/C7H4I3O/c8-4-1-6(9)5(3-11)7(10)2-4/h1-2H,3H2. The molecular weight excluding hydrogens is 481 g/mol. The van der Waals surface area contributed by atoms with Gasteiger partial charge in [-0.3, -0.25) is 0 Å². The summed E-state index contributed by atoms with van der Waals surface area (Å²) in [5.41, 5.74) is 0.923. The summed E-state index contributed by atoms with van der Waals surface area (Å²) in [6, 6.07) is 4.05. The fourth-order valence-electron chi connectivity index (χ4n) is 0.710. The van der Waals surface area contributed by atoms with E-state index >= 15 is 0 Å². The van der Waals surface area contributed by atoms with Crippen LogP contribution < -0.4 is 0 Å². The molecule has 59 valence electrons. The second-order valence-electron chi connectivity index (χ2n) is 1.99. The largest absolute Gasteiger partial charge is 0.231 e. The zero-order valence-corrected chi connectivity index (χ0v) is 11.9. The van der Waals surface area contributed by atoms with Crippen LogP contribution in [0.4, 0.5) is 0 Å². The highest BCUT2D eigenvalue weighted by atomic mass is 127. The number of halogens is 3. The summed E-state index contributed by atoms with van der Waals surface area (Å²) in [5, 5.41) is 10.7. The number of hydrogen-bond acceptors (Lipinski definition) is 0. The Hall–Kier alpha value is 1.37. The lowest BCUT2D eigenvalue weighted by atomic mass is 10.2. The molecule has 1 nitrogen and oxygen atoms in total. The van der Waals surface area contributed by atoms with Gasteiger partial charge in [-0.05, 0) is 79.9 Å². The molecule has 1 aromatic carbocycles. The molecule has 0 saturated heterocycles. The van der Waals surface area contributed by atoms with Gasteiger partial charge in [-0.1, -0.05) is 0 Å². The van der Waals surface area contributed by atoms with E-state index in [2.05, 4.69) is 67.8 Å². The number of benzene rings is 1. The van der Waals surface area contributed by atoms with E-state index in [0.717, 1.165) is 12.7 Å². The van der Waals surface area contributed by atoms with Gasteiger partial charge in [0, 0.05) is 16.3 Å². The van der Waals surface area contributed by atoms with Crippen molar-refractivity contribution in [2.24, 2.45) is 0 Å². The van der Waals surface area contributed by atoms with Crippen LogP contribution in [0.15, 0.2) is 12.1 Å². The third-order valence-corrected chi connectivity index (χ3v) is 3.80. The first-order chi connectivity index (χ1) is 5.15. The second-order valence-corrected chi connectivity index (χ2v) is 5.56. The zero-order valence-electron chi connectivity index (χ0n) is 5.40. The van der Waals surface area contributed by atoms with Crippen LogP contribution in [-0.4, -0.2) is 0 Å². The topological polar surface area (TPSA) is 19.9 Å². The Morgan fingerprint density at radius 2 is 1.55 bits per heavy atom. The summed E-state index contributed by atoms with van der Waals surface area (Å²) < 4.78 is 3.34. The van der Waals surface area contributed by atoms with E-state index < -0.39 is 0 Å². The highest BCUT2D eigenvalue weighted by Crippen LogP contribution is 2.22. The summed E-state index contributed by atoms with van der Waals surface area (Å²) in [6.07, 6.45) is 0. The van der Waals surface area contributed by atoms with Gasteiger partial charge >= 0.3 is 0 Å². The maximum Gasteiger partial charge on any atom is 0.109 e. The molecule has 0 saturated carbocycles. The van der Waals surface area contributed by atoms with Crippen molar-refractivity contribution in [2.75, 3.05) is 0 Å². The lowest BCUT2D eigenvalue weighted by molar-refractivity contribution is 0.176. The van der Waals surface area contributed by atoms with E-state index in [-0.39, 0.29) is 6.61 Å². The predicted octanol–water partition coefficient (Wildman–Crippen LogP) is 3.43. The molecule has 1 rings (SSSR count). The van der Waals surface area contributed by atoms with Crippen molar-refractivity contribution in [3.63, 3.8) is 0 Å². The van der Waals surface area contributed by atoms with Crippen LogP contribution in [0.3, 0.4) is 0 Å². The summed E-state index contributed by atoms with van der Waals surface area (Å²) in [7, 11) is 0. The van der Waals surface area contributed by atoms with Crippen LogP contribution in [0.1, 0.15) is 5.56 Å².